The largest absolute Gasteiger partial charge is 0.338 e. The molecule has 1 atom stereocenters. The Morgan fingerprint density at radius 2 is 1.50 bits per heavy atom. The molecule has 0 aromatic rings. The maximum absolute atomic E-state index is 12.4. The Bertz CT molecular complexity index is 198. The second-order valence-electron chi connectivity index (χ2n) is 2.61. The van der Waals surface area contributed by atoms with E-state index in [1.165, 1.54) is 0 Å². The van der Waals surface area contributed by atoms with Gasteiger partial charge in [-0.3, -0.25) is 0 Å². The number of allylic oxidation sites excluding steroid dienone is 1. The van der Waals surface area contributed by atoms with Crippen LogP contribution < -0.4 is 0 Å². The Balaban J connectivity index is 4.49. The molecule has 0 aliphatic heterocycles. The van der Waals surface area contributed by atoms with Crippen LogP contribution in [0.25, 0.3) is 0 Å². The van der Waals surface area contributed by atoms with Gasteiger partial charge in [0.25, 0.3) is 5.92 Å². The van der Waals surface area contributed by atoms with Crippen LogP contribution in [-0.4, -0.2) is 24.4 Å². The smallest absolute Gasteiger partial charge is 0.240 e. The Labute approximate surface area is 75.4 Å². The molecule has 14 heavy (non-hydrogen) atoms. The molecule has 0 amide bonds. The molecule has 0 spiro atoms. The highest BCUT2D eigenvalue weighted by atomic mass is 19.3. The first-order chi connectivity index (χ1) is 6.13. The molecule has 0 rings (SSSR count). The molecule has 0 saturated heterocycles. The predicted molar refractivity (Wildman–Crippen MR) is 35.6 cm³/mol. The lowest BCUT2D eigenvalue weighted by molar-refractivity contribution is -0.183. The van der Waals surface area contributed by atoms with Crippen molar-refractivity contribution >= 4 is 0 Å². The molecule has 7 heteroatoms. The Morgan fingerprint density at radius 3 is 1.79 bits per heavy atom. The fraction of sp³-hybridized carbons (Fsp3) is 0.714. The summed E-state index contributed by atoms with van der Waals surface area (Å²) in [7, 11) is 0. The lowest BCUT2D eigenvalue weighted by atomic mass is 10.1. The van der Waals surface area contributed by atoms with Gasteiger partial charge in [0, 0.05) is 0 Å². The zero-order valence-corrected chi connectivity index (χ0v) is 6.79. The van der Waals surface area contributed by atoms with Crippen LogP contribution in [0.5, 0.6) is 0 Å². The van der Waals surface area contributed by atoms with Gasteiger partial charge in [0.15, 0.2) is 6.17 Å². The third kappa shape index (κ3) is 3.19. The van der Waals surface area contributed by atoms with Crippen molar-refractivity contribution in [3.63, 3.8) is 0 Å². The molecular formula is C7H7F7. The van der Waals surface area contributed by atoms with Gasteiger partial charge >= 0.3 is 12.3 Å². The fourth-order valence-corrected chi connectivity index (χ4v) is 0.595. The van der Waals surface area contributed by atoms with Crippen molar-refractivity contribution in [3.8, 4) is 0 Å². The van der Waals surface area contributed by atoms with Crippen LogP contribution in [0, 0.1) is 0 Å². The van der Waals surface area contributed by atoms with E-state index in [0.29, 0.717) is 0 Å². The van der Waals surface area contributed by atoms with E-state index in [2.05, 4.69) is 6.58 Å². The predicted octanol–water partition coefficient (Wildman–Crippen LogP) is 3.44. The fourth-order valence-electron chi connectivity index (χ4n) is 0.595. The summed E-state index contributed by atoms with van der Waals surface area (Å²) in [5, 5.41) is 0. The lowest BCUT2D eigenvalue weighted by Crippen LogP contribution is -2.40. The van der Waals surface area contributed by atoms with E-state index in [-0.39, 0.29) is 6.08 Å². The summed E-state index contributed by atoms with van der Waals surface area (Å²) in [5.74, 6) is -8.98. The minimum absolute atomic E-state index is 0.0683. The SMILES string of the molecule is C=CC(F)(F)CC(F)C(F)(F)C(F)F. The van der Waals surface area contributed by atoms with Crippen molar-refractivity contribution in [2.45, 2.75) is 30.9 Å². The van der Waals surface area contributed by atoms with E-state index in [1.807, 2.05) is 0 Å². The van der Waals surface area contributed by atoms with Crippen molar-refractivity contribution in [2.24, 2.45) is 0 Å². The first kappa shape index (κ1) is 13.2. The van der Waals surface area contributed by atoms with Crippen molar-refractivity contribution in [1.82, 2.24) is 0 Å². The Kier molecular flexibility index (Phi) is 3.96. The Morgan fingerprint density at radius 1 is 1.07 bits per heavy atom. The van der Waals surface area contributed by atoms with E-state index < -0.39 is 30.9 Å². The maximum Gasteiger partial charge on any atom is 0.338 e. The molecule has 0 bridgehead atoms. The first-order valence-corrected chi connectivity index (χ1v) is 3.45. The zero-order chi connectivity index (χ0) is 11.6. The molecule has 0 heterocycles. The molecule has 84 valence electrons. The van der Waals surface area contributed by atoms with Gasteiger partial charge in [-0.2, -0.15) is 8.78 Å². The second kappa shape index (κ2) is 4.18. The molecule has 0 aliphatic carbocycles. The minimum Gasteiger partial charge on any atom is -0.240 e. The van der Waals surface area contributed by atoms with E-state index in [4.69, 9.17) is 0 Å². The second-order valence-corrected chi connectivity index (χ2v) is 2.61. The Hall–Kier alpha value is -0.750. The average Bonchev–Trinajstić information content (AvgIpc) is 2.03. The number of hydrogen-bond donors (Lipinski definition) is 0. The minimum atomic E-state index is -5.06. The van der Waals surface area contributed by atoms with Crippen LogP contribution >= 0.6 is 0 Å². The molecule has 0 aromatic heterocycles. The van der Waals surface area contributed by atoms with Crippen LogP contribution in [0.1, 0.15) is 6.42 Å². The van der Waals surface area contributed by atoms with Crippen molar-refractivity contribution in [2.75, 3.05) is 0 Å². The van der Waals surface area contributed by atoms with Crippen molar-refractivity contribution in [1.29, 1.82) is 0 Å². The number of hydrogen-bond acceptors (Lipinski definition) is 0. The molecule has 1 unspecified atom stereocenters. The third-order valence-corrected chi connectivity index (χ3v) is 1.46. The molecular weight excluding hydrogens is 217 g/mol. The monoisotopic (exact) mass is 224 g/mol. The normalized spacial score (nSPS) is 15.7. The summed E-state index contributed by atoms with van der Waals surface area (Å²) >= 11 is 0. The highest BCUT2D eigenvalue weighted by molar-refractivity contribution is 4.93. The summed E-state index contributed by atoms with van der Waals surface area (Å²) in [6.07, 6.45) is -9.98. The van der Waals surface area contributed by atoms with Crippen molar-refractivity contribution < 1.29 is 30.7 Å². The van der Waals surface area contributed by atoms with Crippen LogP contribution in [-0.2, 0) is 0 Å². The first-order valence-electron chi connectivity index (χ1n) is 3.45. The molecule has 0 radical (unpaired) electrons. The molecule has 0 aliphatic rings. The van der Waals surface area contributed by atoms with Gasteiger partial charge in [0.2, 0.25) is 0 Å². The van der Waals surface area contributed by atoms with Gasteiger partial charge in [-0.25, -0.2) is 22.0 Å². The van der Waals surface area contributed by atoms with Crippen LogP contribution in [0.15, 0.2) is 12.7 Å². The summed E-state index contributed by atoms with van der Waals surface area (Å²) < 4.78 is 84.1. The summed E-state index contributed by atoms with van der Waals surface area (Å²) in [6.45, 7) is 2.56. The van der Waals surface area contributed by atoms with Gasteiger partial charge in [-0.15, -0.1) is 0 Å². The molecule has 0 nitrogen and oxygen atoms in total. The van der Waals surface area contributed by atoms with E-state index in [9.17, 15) is 30.7 Å². The topological polar surface area (TPSA) is 0 Å². The zero-order valence-electron chi connectivity index (χ0n) is 6.79. The van der Waals surface area contributed by atoms with Gasteiger partial charge in [0.1, 0.15) is 0 Å². The quantitative estimate of drug-likeness (QED) is 0.495. The molecule has 0 fully saturated rings. The molecule has 0 N–H and O–H groups in total. The standard InChI is InChI=1S/C7H7F7/c1-2-6(11,12)3-4(8)7(13,14)5(9)10/h2,4-5H,1,3H2. The van der Waals surface area contributed by atoms with Gasteiger partial charge < -0.3 is 0 Å². The van der Waals surface area contributed by atoms with Gasteiger partial charge in [-0.1, -0.05) is 6.58 Å². The van der Waals surface area contributed by atoms with Crippen molar-refractivity contribution in [3.05, 3.63) is 12.7 Å². The summed E-state index contributed by atoms with van der Waals surface area (Å²) in [4.78, 5) is 0. The number of alkyl halides is 7. The number of rotatable bonds is 5. The molecule has 0 saturated carbocycles. The highest BCUT2D eigenvalue weighted by Crippen LogP contribution is 2.35. The van der Waals surface area contributed by atoms with Crippen LogP contribution in [0.2, 0.25) is 0 Å². The number of halogens is 7. The van der Waals surface area contributed by atoms with Gasteiger partial charge in [0.05, 0.1) is 6.42 Å². The highest BCUT2D eigenvalue weighted by Gasteiger charge is 2.52. The lowest BCUT2D eigenvalue weighted by Gasteiger charge is -2.22. The summed E-state index contributed by atoms with van der Waals surface area (Å²) in [6, 6.07) is 0. The summed E-state index contributed by atoms with van der Waals surface area (Å²) in [5.41, 5.74) is 0. The maximum atomic E-state index is 12.4. The van der Waals surface area contributed by atoms with Crippen LogP contribution in [0.3, 0.4) is 0 Å². The van der Waals surface area contributed by atoms with Crippen LogP contribution in [0.4, 0.5) is 30.7 Å². The van der Waals surface area contributed by atoms with E-state index >= 15 is 0 Å². The molecule has 0 aromatic carbocycles. The van der Waals surface area contributed by atoms with E-state index in [1.54, 1.807) is 0 Å². The average molecular weight is 224 g/mol. The third-order valence-electron chi connectivity index (χ3n) is 1.46. The van der Waals surface area contributed by atoms with Gasteiger partial charge in [-0.05, 0) is 6.08 Å². The van der Waals surface area contributed by atoms with E-state index in [0.717, 1.165) is 0 Å².